The maximum Gasteiger partial charge on any atom is 0.168 e. The average Bonchev–Trinajstić information content (AvgIpc) is 3.12. The monoisotopic (exact) mass is 329 g/mol. The Bertz CT molecular complexity index is 952. The minimum absolute atomic E-state index is 0.113. The predicted molar refractivity (Wildman–Crippen MR) is 87.3 cm³/mol. The van der Waals surface area contributed by atoms with Crippen LogP contribution in [0.4, 0.5) is 5.82 Å². The number of nitrogens with one attached hydrogen (secondary N) is 1. The second kappa shape index (κ2) is 5.31. The van der Waals surface area contributed by atoms with Crippen LogP contribution in [0.3, 0.4) is 0 Å². The van der Waals surface area contributed by atoms with E-state index in [1.54, 1.807) is 10.9 Å². The maximum atomic E-state index is 11.6. The largest absolute Gasteiger partial charge is 0.366 e. The number of benzene rings is 1. The summed E-state index contributed by atoms with van der Waals surface area (Å²) in [5.74, 6) is 0.993. The van der Waals surface area contributed by atoms with Gasteiger partial charge in [-0.05, 0) is 18.6 Å². The molecule has 7 nitrogen and oxygen atoms in total. The lowest BCUT2D eigenvalue weighted by molar-refractivity contribution is 0.602. The number of hydrogen-bond donors (Lipinski definition) is 1. The van der Waals surface area contributed by atoms with Crippen LogP contribution in [0.5, 0.6) is 0 Å². The predicted octanol–water partition coefficient (Wildman–Crippen LogP) is 1.41. The summed E-state index contributed by atoms with van der Waals surface area (Å²) in [5.41, 5.74) is 1.60. The van der Waals surface area contributed by atoms with E-state index in [-0.39, 0.29) is 17.5 Å². The molecule has 1 aliphatic heterocycles. The molecule has 0 spiro atoms. The van der Waals surface area contributed by atoms with E-state index in [2.05, 4.69) is 20.4 Å². The van der Waals surface area contributed by atoms with Gasteiger partial charge >= 0.3 is 0 Å². The molecule has 1 saturated heterocycles. The van der Waals surface area contributed by atoms with Crippen molar-refractivity contribution < 1.29 is 8.42 Å². The van der Waals surface area contributed by atoms with E-state index in [1.807, 2.05) is 30.3 Å². The Kier molecular flexibility index (Phi) is 3.26. The average molecular weight is 329 g/mol. The highest BCUT2D eigenvalue weighted by molar-refractivity contribution is 7.91. The van der Waals surface area contributed by atoms with Crippen molar-refractivity contribution in [2.75, 3.05) is 16.8 Å². The number of hydrogen-bond acceptors (Lipinski definition) is 6. The molecule has 2 aromatic heterocycles. The van der Waals surface area contributed by atoms with Gasteiger partial charge in [0.2, 0.25) is 0 Å². The van der Waals surface area contributed by atoms with Gasteiger partial charge in [-0.3, -0.25) is 0 Å². The number of sulfone groups is 1. The Labute approximate surface area is 133 Å². The highest BCUT2D eigenvalue weighted by Gasteiger charge is 2.28. The summed E-state index contributed by atoms with van der Waals surface area (Å²) in [4.78, 5) is 8.57. The molecule has 0 aliphatic carbocycles. The van der Waals surface area contributed by atoms with Crippen LogP contribution in [-0.2, 0) is 9.84 Å². The van der Waals surface area contributed by atoms with Crippen LogP contribution in [0.15, 0.2) is 42.9 Å². The SMILES string of the molecule is O=S1(=O)CC[C@@H](Nc2ncnc3c2cnn3-c2ccccc2)C1. The molecule has 1 aromatic carbocycles. The van der Waals surface area contributed by atoms with Gasteiger partial charge in [-0.25, -0.2) is 23.1 Å². The molecule has 1 fully saturated rings. The van der Waals surface area contributed by atoms with Crippen LogP contribution in [-0.4, -0.2) is 45.7 Å². The Morgan fingerprint density at radius 3 is 2.74 bits per heavy atom. The molecule has 23 heavy (non-hydrogen) atoms. The Morgan fingerprint density at radius 2 is 2.00 bits per heavy atom. The number of anilines is 1. The van der Waals surface area contributed by atoms with Gasteiger partial charge < -0.3 is 5.32 Å². The summed E-state index contributed by atoms with van der Waals surface area (Å²) in [6.07, 6.45) is 3.77. The van der Waals surface area contributed by atoms with Crippen molar-refractivity contribution in [3.05, 3.63) is 42.9 Å². The fraction of sp³-hybridized carbons (Fsp3) is 0.267. The lowest BCUT2D eigenvalue weighted by Crippen LogP contribution is -2.21. The van der Waals surface area contributed by atoms with Gasteiger partial charge in [0.05, 0.1) is 28.8 Å². The van der Waals surface area contributed by atoms with Gasteiger partial charge in [0.25, 0.3) is 0 Å². The molecular formula is C15H15N5O2S. The number of para-hydroxylation sites is 1. The van der Waals surface area contributed by atoms with Crippen molar-refractivity contribution in [2.24, 2.45) is 0 Å². The molecule has 0 unspecified atom stereocenters. The molecule has 3 aromatic rings. The van der Waals surface area contributed by atoms with Crippen molar-refractivity contribution >= 4 is 26.7 Å². The molecule has 1 atom stereocenters. The minimum Gasteiger partial charge on any atom is -0.366 e. The molecule has 0 bridgehead atoms. The van der Waals surface area contributed by atoms with E-state index in [4.69, 9.17) is 0 Å². The van der Waals surface area contributed by atoms with Gasteiger partial charge in [-0.1, -0.05) is 18.2 Å². The topological polar surface area (TPSA) is 89.8 Å². The van der Waals surface area contributed by atoms with Gasteiger partial charge in [-0.2, -0.15) is 5.10 Å². The quantitative estimate of drug-likeness (QED) is 0.781. The molecule has 0 amide bonds. The first kappa shape index (κ1) is 14.1. The lowest BCUT2D eigenvalue weighted by atomic mass is 10.2. The molecule has 1 aliphatic rings. The third-order valence-corrected chi connectivity index (χ3v) is 5.71. The second-order valence-corrected chi connectivity index (χ2v) is 7.82. The van der Waals surface area contributed by atoms with Gasteiger partial charge in [0, 0.05) is 6.04 Å². The molecule has 0 saturated carbocycles. The highest BCUT2D eigenvalue weighted by Crippen LogP contribution is 2.24. The number of nitrogens with zero attached hydrogens (tertiary/aromatic N) is 4. The van der Waals surface area contributed by atoms with Crippen molar-refractivity contribution in [3.63, 3.8) is 0 Å². The summed E-state index contributed by atoms with van der Waals surface area (Å²) >= 11 is 0. The third kappa shape index (κ3) is 2.65. The highest BCUT2D eigenvalue weighted by atomic mass is 32.2. The van der Waals surface area contributed by atoms with Crippen molar-refractivity contribution in [2.45, 2.75) is 12.5 Å². The summed E-state index contributed by atoms with van der Waals surface area (Å²) in [5, 5.41) is 8.38. The zero-order chi connectivity index (χ0) is 15.9. The van der Waals surface area contributed by atoms with E-state index >= 15 is 0 Å². The summed E-state index contributed by atoms with van der Waals surface area (Å²) in [7, 11) is -2.93. The maximum absolute atomic E-state index is 11.6. The van der Waals surface area contributed by atoms with Crippen LogP contribution < -0.4 is 5.32 Å². The summed E-state index contributed by atoms with van der Waals surface area (Å²) in [6.45, 7) is 0. The number of fused-ring (bicyclic) bond motifs is 1. The summed E-state index contributed by atoms with van der Waals surface area (Å²) < 4.78 is 24.9. The normalized spacial score (nSPS) is 19.9. The first-order valence-corrected chi connectivity index (χ1v) is 9.16. The zero-order valence-electron chi connectivity index (χ0n) is 12.3. The van der Waals surface area contributed by atoms with E-state index < -0.39 is 9.84 Å². The first-order chi connectivity index (χ1) is 11.1. The standard InChI is InChI=1S/C15H15N5O2S/c21-23(22)7-6-11(9-23)19-14-13-8-18-20(15(13)17-10-16-14)12-4-2-1-3-5-12/h1-5,8,10-11H,6-7,9H2,(H,16,17,19)/t11-/m1/s1. The van der Waals surface area contributed by atoms with E-state index in [1.165, 1.54) is 6.33 Å². The molecular weight excluding hydrogens is 314 g/mol. The molecule has 3 heterocycles. The molecule has 0 radical (unpaired) electrons. The fourth-order valence-corrected chi connectivity index (χ4v) is 4.49. The van der Waals surface area contributed by atoms with E-state index in [0.29, 0.717) is 17.9 Å². The van der Waals surface area contributed by atoms with Gasteiger partial charge in [0.15, 0.2) is 15.5 Å². The number of aromatic nitrogens is 4. The minimum atomic E-state index is -2.93. The van der Waals surface area contributed by atoms with Crippen LogP contribution in [0, 0.1) is 0 Å². The lowest BCUT2D eigenvalue weighted by Gasteiger charge is -2.11. The Balaban J connectivity index is 1.71. The molecule has 1 N–H and O–H groups in total. The van der Waals surface area contributed by atoms with Crippen LogP contribution in [0.1, 0.15) is 6.42 Å². The van der Waals surface area contributed by atoms with Crippen molar-refractivity contribution in [3.8, 4) is 5.69 Å². The van der Waals surface area contributed by atoms with Crippen LogP contribution in [0.25, 0.3) is 16.7 Å². The smallest absolute Gasteiger partial charge is 0.168 e. The van der Waals surface area contributed by atoms with Gasteiger partial charge in [-0.15, -0.1) is 0 Å². The van der Waals surface area contributed by atoms with Crippen molar-refractivity contribution in [1.29, 1.82) is 0 Å². The molecule has 118 valence electrons. The van der Waals surface area contributed by atoms with Gasteiger partial charge in [0.1, 0.15) is 12.1 Å². The number of rotatable bonds is 3. The fourth-order valence-electron chi connectivity index (χ4n) is 2.82. The van der Waals surface area contributed by atoms with E-state index in [9.17, 15) is 8.42 Å². The Morgan fingerprint density at radius 1 is 1.17 bits per heavy atom. The second-order valence-electron chi connectivity index (χ2n) is 5.60. The van der Waals surface area contributed by atoms with E-state index in [0.717, 1.165) is 11.1 Å². The Hall–Kier alpha value is -2.48. The van der Waals surface area contributed by atoms with Crippen molar-refractivity contribution in [1.82, 2.24) is 19.7 Å². The zero-order valence-corrected chi connectivity index (χ0v) is 13.1. The molecule has 8 heteroatoms. The van der Waals surface area contributed by atoms with Crippen LogP contribution >= 0.6 is 0 Å². The van der Waals surface area contributed by atoms with Crippen LogP contribution in [0.2, 0.25) is 0 Å². The third-order valence-electron chi connectivity index (χ3n) is 3.94. The first-order valence-electron chi connectivity index (χ1n) is 7.33. The molecule has 4 rings (SSSR count). The summed E-state index contributed by atoms with van der Waals surface area (Å²) in [6, 6.07) is 9.60.